The van der Waals surface area contributed by atoms with Crippen LogP contribution in [-0.4, -0.2) is 43.8 Å². The van der Waals surface area contributed by atoms with E-state index in [-0.39, 0.29) is 23.9 Å². The van der Waals surface area contributed by atoms with Crippen molar-refractivity contribution in [3.63, 3.8) is 0 Å². The molecule has 4 aromatic rings. The number of benzene rings is 4. The van der Waals surface area contributed by atoms with Gasteiger partial charge in [-0.3, -0.25) is 13.9 Å². The van der Waals surface area contributed by atoms with Crippen LogP contribution in [0.2, 0.25) is 5.02 Å². The van der Waals surface area contributed by atoms with E-state index in [2.05, 4.69) is 5.32 Å². The first-order valence-electron chi connectivity index (χ1n) is 15.3. The van der Waals surface area contributed by atoms with Crippen molar-refractivity contribution < 1.29 is 31.2 Å². The number of anilines is 1. The van der Waals surface area contributed by atoms with E-state index in [1.807, 2.05) is 51.1 Å². The molecule has 0 heterocycles. The molecule has 0 bridgehead atoms. The number of nitrogens with one attached hydrogen (secondary N) is 1. The second-order valence-corrected chi connectivity index (χ2v) is 13.8. The Morgan fingerprint density at radius 1 is 0.875 bits per heavy atom. The maximum Gasteiger partial charge on any atom is 0.417 e. The minimum Gasteiger partial charge on any atom is -0.352 e. The molecular formula is C36H37ClF3N3O4S. The number of rotatable bonds is 13. The first-order chi connectivity index (χ1) is 22.7. The quantitative estimate of drug-likeness (QED) is 0.157. The Morgan fingerprint density at radius 3 is 2.10 bits per heavy atom. The Morgan fingerprint density at radius 2 is 1.50 bits per heavy atom. The molecule has 0 unspecified atom stereocenters. The Hall–Kier alpha value is -4.35. The van der Waals surface area contributed by atoms with Gasteiger partial charge in [0.05, 0.1) is 21.2 Å². The summed E-state index contributed by atoms with van der Waals surface area (Å²) in [4.78, 5) is 29.5. The third-order valence-electron chi connectivity index (χ3n) is 7.86. The number of alkyl halides is 3. The topological polar surface area (TPSA) is 86.8 Å². The summed E-state index contributed by atoms with van der Waals surface area (Å²) < 4.78 is 70.6. The summed E-state index contributed by atoms with van der Waals surface area (Å²) in [5.41, 5.74) is 0.667. The van der Waals surface area contributed by atoms with Crippen molar-refractivity contribution in [1.82, 2.24) is 10.2 Å². The first-order valence-corrected chi connectivity index (χ1v) is 17.2. The molecule has 0 spiro atoms. The highest BCUT2D eigenvalue weighted by Gasteiger charge is 2.37. The van der Waals surface area contributed by atoms with Crippen molar-refractivity contribution in [3.8, 4) is 0 Å². The van der Waals surface area contributed by atoms with Crippen LogP contribution in [0.4, 0.5) is 18.9 Å². The normalized spacial score (nSPS) is 13.0. The maximum absolute atomic E-state index is 14.5. The summed E-state index contributed by atoms with van der Waals surface area (Å²) in [5, 5.41) is 2.32. The summed E-state index contributed by atoms with van der Waals surface area (Å²) >= 11 is 5.88. The van der Waals surface area contributed by atoms with Crippen molar-refractivity contribution in [3.05, 3.63) is 130 Å². The number of carbonyl (C=O) groups is 2. The summed E-state index contributed by atoms with van der Waals surface area (Å²) in [5.74, 6) is -1.24. The molecule has 0 fully saturated rings. The van der Waals surface area contributed by atoms with Gasteiger partial charge >= 0.3 is 6.18 Å². The lowest BCUT2D eigenvalue weighted by Gasteiger charge is -2.34. The van der Waals surface area contributed by atoms with Crippen LogP contribution in [0.3, 0.4) is 0 Å². The van der Waals surface area contributed by atoms with Gasteiger partial charge in [0.1, 0.15) is 12.6 Å². The average Bonchev–Trinajstić information content (AvgIpc) is 3.05. The molecule has 0 radical (unpaired) electrons. The number of aryl methyl sites for hydroxylation is 1. The lowest BCUT2D eigenvalue weighted by Crippen LogP contribution is -2.54. The molecule has 254 valence electrons. The number of amides is 2. The fourth-order valence-electron chi connectivity index (χ4n) is 5.14. The Kier molecular flexibility index (Phi) is 11.9. The van der Waals surface area contributed by atoms with Crippen LogP contribution >= 0.6 is 11.6 Å². The minimum absolute atomic E-state index is 0.0699. The second-order valence-electron chi connectivity index (χ2n) is 11.5. The number of halogens is 4. The zero-order valence-corrected chi connectivity index (χ0v) is 28.3. The second kappa shape index (κ2) is 15.7. The number of sulfonamides is 1. The Labute approximate surface area is 284 Å². The van der Waals surface area contributed by atoms with Gasteiger partial charge in [0.15, 0.2) is 0 Å². The summed E-state index contributed by atoms with van der Waals surface area (Å²) in [6.07, 6.45) is -4.17. The third-order valence-corrected chi connectivity index (χ3v) is 9.98. The van der Waals surface area contributed by atoms with E-state index in [4.69, 9.17) is 11.6 Å². The van der Waals surface area contributed by atoms with Crippen LogP contribution in [-0.2, 0) is 38.8 Å². The molecule has 2 amide bonds. The Bertz CT molecular complexity index is 1820. The molecule has 0 aliphatic carbocycles. The van der Waals surface area contributed by atoms with Crippen LogP contribution in [0.15, 0.2) is 108 Å². The van der Waals surface area contributed by atoms with E-state index in [0.717, 1.165) is 23.3 Å². The van der Waals surface area contributed by atoms with Gasteiger partial charge < -0.3 is 10.2 Å². The smallest absolute Gasteiger partial charge is 0.352 e. The molecule has 0 saturated heterocycles. The van der Waals surface area contributed by atoms with Crippen molar-refractivity contribution in [1.29, 1.82) is 0 Å². The van der Waals surface area contributed by atoms with Gasteiger partial charge in [0, 0.05) is 19.0 Å². The van der Waals surface area contributed by atoms with Crippen LogP contribution in [0, 0.1) is 6.92 Å². The van der Waals surface area contributed by atoms with Crippen molar-refractivity contribution in [2.24, 2.45) is 0 Å². The standard InChI is InChI=1S/C36H37ClF3N3O4S/c1-4-26(3)41-35(45)33(21-27-13-7-5-8-14-27)42(23-28-15-11-12-25(2)20-28)34(44)24-43(48(46,47)30-16-9-6-10-17-30)29-18-19-32(37)31(22-29)36(38,39)40/h5-20,22,26,33H,4,21,23-24H2,1-3H3,(H,41,45)/t26-,33+/m0/s1. The van der Waals surface area contributed by atoms with Gasteiger partial charge in [-0.1, -0.05) is 96.9 Å². The molecule has 0 aromatic heterocycles. The van der Waals surface area contributed by atoms with Gasteiger partial charge in [-0.05, 0) is 61.7 Å². The largest absolute Gasteiger partial charge is 0.417 e. The fraction of sp³-hybridized carbons (Fsp3) is 0.278. The molecule has 12 heteroatoms. The highest BCUT2D eigenvalue weighted by atomic mass is 35.5. The van der Waals surface area contributed by atoms with Gasteiger partial charge in [0.2, 0.25) is 11.8 Å². The monoisotopic (exact) mass is 699 g/mol. The van der Waals surface area contributed by atoms with Gasteiger partial charge in [-0.2, -0.15) is 13.2 Å². The fourth-order valence-corrected chi connectivity index (χ4v) is 6.79. The SMILES string of the molecule is CC[C@H](C)NC(=O)[C@@H](Cc1ccccc1)N(Cc1cccc(C)c1)C(=O)CN(c1ccc(Cl)c(C(F)(F)F)c1)S(=O)(=O)c1ccccc1. The Balaban J connectivity index is 1.86. The van der Waals surface area contributed by atoms with Crippen molar-refractivity contribution >= 4 is 39.1 Å². The van der Waals surface area contributed by atoms with E-state index in [1.54, 1.807) is 30.3 Å². The molecule has 0 aliphatic rings. The molecule has 0 aliphatic heterocycles. The lowest BCUT2D eigenvalue weighted by molar-refractivity contribution is -0.140. The summed E-state index contributed by atoms with van der Waals surface area (Å²) in [6.45, 7) is 4.64. The summed E-state index contributed by atoms with van der Waals surface area (Å²) in [6, 6.07) is 24.8. The molecule has 0 saturated carbocycles. The van der Waals surface area contributed by atoms with Crippen molar-refractivity contribution in [2.45, 2.75) is 63.3 Å². The van der Waals surface area contributed by atoms with E-state index in [0.29, 0.717) is 22.4 Å². The number of carbonyl (C=O) groups excluding carboxylic acids is 2. The molecule has 48 heavy (non-hydrogen) atoms. The van der Waals surface area contributed by atoms with Crippen LogP contribution in [0.1, 0.15) is 42.5 Å². The number of nitrogens with zero attached hydrogens (tertiary/aromatic N) is 2. The third kappa shape index (κ3) is 9.17. The molecule has 7 nitrogen and oxygen atoms in total. The van der Waals surface area contributed by atoms with Gasteiger partial charge in [-0.15, -0.1) is 0 Å². The van der Waals surface area contributed by atoms with Crippen LogP contribution in [0.5, 0.6) is 0 Å². The first kappa shape index (κ1) is 36.5. The molecule has 4 rings (SSSR count). The lowest BCUT2D eigenvalue weighted by atomic mass is 10.0. The molecule has 1 N–H and O–H groups in total. The highest BCUT2D eigenvalue weighted by molar-refractivity contribution is 7.92. The van der Waals surface area contributed by atoms with Gasteiger partial charge in [-0.25, -0.2) is 8.42 Å². The van der Waals surface area contributed by atoms with Crippen LogP contribution < -0.4 is 9.62 Å². The maximum atomic E-state index is 14.5. The van der Waals surface area contributed by atoms with Crippen molar-refractivity contribution in [2.75, 3.05) is 10.8 Å². The predicted octanol–water partition coefficient (Wildman–Crippen LogP) is 7.42. The predicted molar refractivity (Wildman–Crippen MR) is 181 cm³/mol. The van der Waals surface area contributed by atoms with E-state index < -0.39 is 56.9 Å². The summed E-state index contributed by atoms with van der Waals surface area (Å²) in [7, 11) is -4.59. The highest BCUT2D eigenvalue weighted by Crippen LogP contribution is 2.38. The average molecular weight is 700 g/mol. The van der Waals surface area contributed by atoms with Gasteiger partial charge in [0.25, 0.3) is 10.0 Å². The van der Waals surface area contributed by atoms with E-state index in [1.165, 1.54) is 29.2 Å². The number of hydrogen-bond donors (Lipinski definition) is 1. The van der Waals surface area contributed by atoms with E-state index in [9.17, 15) is 31.2 Å². The molecular weight excluding hydrogens is 663 g/mol. The molecule has 4 aromatic carbocycles. The zero-order valence-electron chi connectivity index (χ0n) is 26.7. The van der Waals surface area contributed by atoms with E-state index >= 15 is 0 Å². The number of hydrogen-bond acceptors (Lipinski definition) is 4. The molecule has 2 atom stereocenters. The zero-order chi connectivity index (χ0) is 35.1. The minimum atomic E-state index is -4.90. The van der Waals surface area contributed by atoms with Crippen LogP contribution in [0.25, 0.3) is 0 Å².